The molecule has 2 N–H and O–H groups in total. The molecule has 0 heterocycles. The molecule has 0 amide bonds. The summed E-state index contributed by atoms with van der Waals surface area (Å²) in [7, 11) is 0. The van der Waals surface area contributed by atoms with Crippen molar-refractivity contribution in [1.82, 2.24) is 0 Å². The van der Waals surface area contributed by atoms with E-state index in [4.69, 9.17) is 22.1 Å². The van der Waals surface area contributed by atoms with Gasteiger partial charge in [-0.15, -0.1) is 0 Å². The first-order valence-corrected chi connectivity index (χ1v) is 6.12. The monoisotopic (exact) mass is 239 g/mol. The average Bonchev–Trinajstić information content (AvgIpc) is 2.30. The normalized spacial score (nSPS) is 33.2. The van der Waals surface area contributed by atoms with Crippen LogP contribution in [0.15, 0.2) is 24.3 Å². The quantitative estimate of drug-likeness (QED) is 0.879. The van der Waals surface area contributed by atoms with Gasteiger partial charge in [-0.05, 0) is 30.7 Å². The van der Waals surface area contributed by atoms with Gasteiger partial charge in [-0.2, -0.15) is 0 Å². The van der Waals surface area contributed by atoms with Crippen molar-refractivity contribution in [2.45, 2.75) is 38.8 Å². The van der Waals surface area contributed by atoms with Gasteiger partial charge in [0.25, 0.3) is 0 Å². The molecule has 0 aromatic heterocycles. The van der Waals surface area contributed by atoms with Gasteiger partial charge in [-0.25, -0.2) is 0 Å². The van der Waals surface area contributed by atoms with Crippen LogP contribution in [0.3, 0.4) is 0 Å². The lowest BCUT2D eigenvalue weighted by atomic mass is 9.62. The van der Waals surface area contributed by atoms with Crippen LogP contribution in [0.25, 0.3) is 0 Å². The van der Waals surface area contributed by atoms with Gasteiger partial charge in [-0.3, -0.25) is 0 Å². The maximum Gasteiger partial charge on any atom is 0.119 e. The van der Waals surface area contributed by atoms with Crippen LogP contribution in [0.5, 0.6) is 5.75 Å². The Morgan fingerprint density at radius 1 is 1.44 bits per heavy atom. The summed E-state index contributed by atoms with van der Waals surface area (Å²) in [5.41, 5.74) is 6.15. The third-order valence-corrected chi connectivity index (χ3v) is 4.16. The van der Waals surface area contributed by atoms with Crippen molar-refractivity contribution in [3.63, 3.8) is 0 Å². The van der Waals surface area contributed by atoms with Crippen LogP contribution in [-0.2, 0) is 0 Å². The number of nitrogens with two attached hydrogens (primary N) is 1. The number of rotatable bonds is 3. The van der Waals surface area contributed by atoms with Gasteiger partial charge in [-0.1, -0.05) is 25.4 Å². The average molecular weight is 240 g/mol. The molecule has 0 saturated heterocycles. The highest BCUT2D eigenvalue weighted by molar-refractivity contribution is 6.30. The predicted octanol–water partition coefficient (Wildman–Crippen LogP) is 3.23. The largest absolute Gasteiger partial charge is 0.490 e. The van der Waals surface area contributed by atoms with E-state index in [2.05, 4.69) is 13.8 Å². The first-order chi connectivity index (χ1) is 7.56. The van der Waals surface area contributed by atoms with Crippen molar-refractivity contribution < 1.29 is 4.74 Å². The zero-order valence-corrected chi connectivity index (χ0v) is 10.5. The van der Waals surface area contributed by atoms with E-state index < -0.39 is 0 Å². The second-order valence-corrected chi connectivity index (χ2v) is 5.20. The molecule has 2 rings (SSSR count). The van der Waals surface area contributed by atoms with E-state index in [0.29, 0.717) is 0 Å². The Hall–Kier alpha value is -0.730. The summed E-state index contributed by atoms with van der Waals surface area (Å²) in [4.78, 5) is 0. The maximum absolute atomic E-state index is 6.03. The molecule has 1 saturated carbocycles. The zero-order valence-electron chi connectivity index (χ0n) is 9.74. The van der Waals surface area contributed by atoms with Crippen LogP contribution < -0.4 is 10.5 Å². The molecule has 1 fully saturated rings. The molecule has 3 unspecified atom stereocenters. The minimum atomic E-state index is 0.111. The number of hydrogen-bond donors (Lipinski definition) is 1. The van der Waals surface area contributed by atoms with Crippen LogP contribution in [0.1, 0.15) is 26.7 Å². The van der Waals surface area contributed by atoms with Crippen molar-refractivity contribution in [2.75, 3.05) is 0 Å². The van der Waals surface area contributed by atoms with Crippen LogP contribution in [0.2, 0.25) is 5.02 Å². The molecule has 16 heavy (non-hydrogen) atoms. The lowest BCUT2D eigenvalue weighted by Crippen LogP contribution is -2.61. The Bertz CT molecular complexity index is 365. The smallest absolute Gasteiger partial charge is 0.119 e. The summed E-state index contributed by atoms with van der Waals surface area (Å²) in [5, 5.41) is 0.732. The summed E-state index contributed by atoms with van der Waals surface area (Å²) < 4.78 is 5.94. The second-order valence-electron chi connectivity index (χ2n) is 4.76. The van der Waals surface area contributed by atoms with E-state index >= 15 is 0 Å². The summed E-state index contributed by atoms with van der Waals surface area (Å²) in [5.74, 6) is 0.876. The molecule has 0 bridgehead atoms. The summed E-state index contributed by atoms with van der Waals surface area (Å²) in [6.45, 7) is 4.36. The summed E-state index contributed by atoms with van der Waals surface area (Å²) in [6.07, 6.45) is 2.22. The molecule has 1 aliphatic carbocycles. The molecule has 88 valence electrons. The Balaban J connectivity index is 2.04. The standard InChI is InChI=1S/C13H18ClNO/c1-3-13(2)11(15)8-12(13)16-10-6-4-9(14)5-7-10/h4-7,11-12H,3,8,15H2,1-2H3. The molecule has 1 aromatic carbocycles. The second kappa shape index (κ2) is 4.27. The van der Waals surface area contributed by atoms with Gasteiger partial charge in [0.2, 0.25) is 0 Å². The van der Waals surface area contributed by atoms with Gasteiger partial charge in [0.15, 0.2) is 0 Å². The Labute approximate surface area is 102 Å². The maximum atomic E-state index is 6.03. The highest BCUT2D eigenvalue weighted by Crippen LogP contribution is 2.44. The van der Waals surface area contributed by atoms with E-state index in [-0.39, 0.29) is 17.6 Å². The summed E-state index contributed by atoms with van der Waals surface area (Å²) in [6, 6.07) is 7.76. The van der Waals surface area contributed by atoms with Gasteiger partial charge >= 0.3 is 0 Å². The van der Waals surface area contributed by atoms with Gasteiger partial charge in [0, 0.05) is 22.9 Å². The van der Waals surface area contributed by atoms with Crippen molar-refractivity contribution in [1.29, 1.82) is 0 Å². The Kier molecular flexibility index (Phi) is 3.13. The number of benzene rings is 1. The van der Waals surface area contributed by atoms with Crippen LogP contribution in [0.4, 0.5) is 0 Å². The molecule has 0 spiro atoms. The molecule has 3 atom stereocenters. The van der Waals surface area contributed by atoms with Crippen LogP contribution in [-0.4, -0.2) is 12.1 Å². The minimum absolute atomic E-state index is 0.111. The Morgan fingerprint density at radius 2 is 2.06 bits per heavy atom. The van der Waals surface area contributed by atoms with E-state index in [1.54, 1.807) is 0 Å². The van der Waals surface area contributed by atoms with Crippen LogP contribution in [0, 0.1) is 5.41 Å². The topological polar surface area (TPSA) is 35.2 Å². The first-order valence-electron chi connectivity index (χ1n) is 5.74. The fourth-order valence-corrected chi connectivity index (χ4v) is 2.32. The number of ether oxygens (including phenoxy) is 1. The van der Waals surface area contributed by atoms with Crippen molar-refractivity contribution >= 4 is 11.6 Å². The van der Waals surface area contributed by atoms with E-state index in [1.807, 2.05) is 24.3 Å². The van der Waals surface area contributed by atoms with Crippen molar-refractivity contribution in [3.05, 3.63) is 29.3 Å². The minimum Gasteiger partial charge on any atom is -0.490 e. The van der Waals surface area contributed by atoms with E-state index in [1.165, 1.54) is 0 Å². The highest BCUT2D eigenvalue weighted by Gasteiger charge is 2.50. The number of halogens is 1. The third kappa shape index (κ3) is 1.92. The summed E-state index contributed by atoms with van der Waals surface area (Å²) >= 11 is 5.83. The molecule has 1 aliphatic rings. The lowest BCUT2D eigenvalue weighted by molar-refractivity contribution is -0.0560. The fraction of sp³-hybridized carbons (Fsp3) is 0.538. The molecule has 2 nitrogen and oxygen atoms in total. The van der Waals surface area contributed by atoms with E-state index in [0.717, 1.165) is 23.6 Å². The fourth-order valence-electron chi connectivity index (χ4n) is 2.20. The lowest BCUT2D eigenvalue weighted by Gasteiger charge is -2.51. The molecule has 0 radical (unpaired) electrons. The van der Waals surface area contributed by atoms with Crippen LogP contribution >= 0.6 is 11.6 Å². The Morgan fingerprint density at radius 3 is 2.56 bits per heavy atom. The first kappa shape index (κ1) is 11.7. The van der Waals surface area contributed by atoms with Crippen molar-refractivity contribution in [3.8, 4) is 5.75 Å². The van der Waals surface area contributed by atoms with Gasteiger partial charge in [0.05, 0.1) is 0 Å². The molecule has 0 aliphatic heterocycles. The SMILES string of the molecule is CCC1(C)C(N)CC1Oc1ccc(Cl)cc1. The molecular formula is C13H18ClNO. The zero-order chi connectivity index (χ0) is 11.8. The number of hydrogen-bond acceptors (Lipinski definition) is 2. The van der Waals surface area contributed by atoms with E-state index in [9.17, 15) is 0 Å². The molecular weight excluding hydrogens is 222 g/mol. The van der Waals surface area contributed by atoms with Crippen molar-refractivity contribution in [2.24, 2.45) is 11.1 Å². The molecule has 1 aromatic rings. The van der Waals surface area contributed by atoms with Gasteiger partial charge in [0.1, 0.15) is 11.9 Å². The third-order valence-electron chi connectivity index (χ3n) is 3.90. The predicted molar refractivity (Wildman–Crippen MR) is 66.9 cm³/mol. The van der Waals surface area contributed by atoms with Gasteiger partial charge < -0.3 is 10.5 Å². The highest BCUT2D eigenvalue weighted by atomic mass is 35.5. The molecule has 3 heteroatoms.